The molecule has 1 fully saturated rings. The summed E-state index contributed by atoms with van der Waals surface area (Å²) in [5, 5.41) is 9.22. The molecule has 1 heterocycles. The fraction of sp³-hybridized carbons (Fsp3) is 0.316. The molecule has 0 spiro atoms. The number of hydrogen-bond acceptors (Lipinski definition) is 5. The van der Waals surface area contributed by atoms with Crippen LogP contribution in [-0.4, -0.2) is 46.1 Å². The summed E-state index contributed by atoms with van der Waals surface area (Å²) in [6.45, 7) is 3.13. The Labute approximate surface area is 154 Å². The molecule has 0 atom stereocenters. The predicted molar refractivity (Wildman–Crippen MR) is 99.3 cm³/mol. The summed E-state index contributed by atoms with van der Waals surface area (Å²) in [5.74, 6) is 0. The SMILES string of the molecule is CN(Cc1ccccc1N1CCOCC1)S(=O)(=O)c1ccccc1C#N. The van der Waals surface area contributed by atoms with Crippen molar-refractivity contribution in [2.24, 2.45) is 0 Å². The Balaban J connectivity index is 1.88. The minimum atomic E-state index is -3.76. The lowest BCUT2D eigenvalue weighted by molar-refractivity contribution is 0.122. The van der Waals surface area contributed by atoms with Crippen molar-refractivity contribution in [2.75, 3.05) is 38.3 Å². The molecule has 3 rings (SSSR count). The number of ether oxygens (including phenoxy) is 1. The van der Waals surface area contributed by atoms with Crippen LogP contribution < -0.4 is 4.90 Å². The highest BCUT2D eigenvalue weighted by molar-refractivity contribution is 7.89. The highest BCUT2D eigenvalue weighted by atomic mass is 32.2. The minimum absolute atomic E-state index is 0.0360. The molecule has 0 radical (unpaired) electrons. The van der Waals surface area contributed by atoms with E-state index in [4.69, 9.17) is 4.74 Å². The smallest absolute Gasteiger partial charge is 0.244 e. The largest absolute Gasteiger partial charge is 0.378 e. The third-order valence-electron chi connectivity index (χ3n) is 4.43. The molecule has 0 N–H and O–H groups in total. The van der Waals surface area contributed by atoms with Gasteiger partial charge >= 0.3 is 0 Å². The van der Waals surface area contributed by atoms with Crippen molar-refractivity contribution < 1.29 is 13.2 Å². The van der Waals surface area contributed by atoms with Crippen molar-refractivity contribution in [3.05, 3.63) is 59.7 Å². The van der Waals surface area contributed by atoms with Crippen molar-refractivity contribution in [3.8, 4) is 6.07 Å². The van der Waals surface area contributed by atoms with Crippen LogP contribution in [0.25, 0.3) is 0 Å². The van der Waals surface area contributed by atoms with E-state index in [1.165, 1.54) is 16.4 Å². The maximum absolute atomic E-state index is 12.9. The normalized spacial score (nSPS) is 15.0. The van der Waals surface area contributed by atoms with Crippen LogP contribution in [0.3, 0.4) is 0 Å². The monoisotopic (exact) mass is 371 g/mol. The van der Waals surface area contributed by atoms with Crippen LogP contribution in [-0.2, 0) is 21.3 Å². The number of rotatable bonds is 5. The van der Waals surface area contributed by atoms with Gasteiger partial charge in [0.1, 0.15) is 6.07 Å². The van der Waals surface area contributed by atoms with Crippen LogP contribution in [0.5, 0.6) is 0 Å². The Morgan fingerprint density at radius 2 is 1.77 bits per heavy atom. The molecule has 6 nitrogen and oxygen atoms in total. The van der Waals surface area contributed by atoms with E-state index >= 15 is 0 Å². The lowest BCUT2D eigenvalue weighted by Gasteiger charge is -2.31. The molecule has 7 heteroatoms. The Morgan fingerprint density at radius 1 is 1.12 bits per heavy atom. The van der Waals surface area contributed by atoms with Gasteiger partial charge in [-0.2, -0.15) is 9.57 Å². The summed E-state index contributed by atoms with van der Waals surface area (Å²) in [5.41, 5.74) is 2.10. The quantitative estimate of drug-likeness (QED) is 0.806. The van der Waals surface area contributed by atoms with Crippen molar-refractivity contribution in [1.82, 2.24) is 4.31 Å². The Morgan fingerprint density at radius 3 is 2.50 bits per heavy atom. The van der Waals surface area contributed by atoms with Crippen molar-refractivity contribution in [2.45, 2.75) is 11.4 Å². The topological polar surface area (TPSA) is 73.6 Å². The highest BCUT2D eigenvalue weighted by Gasteiger charge is 2.25. The molecule has 0 amide bonds. The summed E-state index contributed by atoms with van der Waals surface area (Å²) in [7, 11) is -2.22. The average Bonchev–Trinajstić information content (AvgIpc) is 2.69. The second-order valence-corrected chi connectivity index (χ2v) is 8.11. The number of morpholine rings is 1. The van der Waals surface area contributed by atoms with Gasteiger partial charge in [-0.25, -0.2) is 8.42 Å². The van der Waals surface area contributed by atoms with Gasteiger partial charge in [0.2, 0.25) is 10.0 Å². The molecule has 1 saturated heterocycles. The van der Waals surface area contributed by atoms with Crippen LogP contribution in [0.15, 0.2) is 53.4 Å². The Bertz CT molecular complexity index is 916. The van der Waals surface area contributed by atoms with E-state index < -0.39 is 10.0 Å². The van der Waals surface area contributed by atoms with Crippen molar-refractivity contribution in [1.29, 1.82) is 5.26 Å². The van der Waals surface area contributed by atoms with Crippen LogP contribution in [0.1, 0.15) is 11.1 Å². The Hall–Kier alpha value is -2.40. The summed E-state index contributed by atoms with van der Waals surface area (Å²) >= 11 is 0. The number of nitriles is 1. The molecule has 136 valence electrons. The van der Waals surface area contributed by atoms with E-state index in [2.05, 4.69) is 4.90 Å². The summed E-state index contributed by atoms with van der Waals surface area (Å²) in [4.78, 5) is 2.25. The first-order valence-electron chi connectivity index (χ1n) is 8.40. The molecule has 1 aliphatic rings. The van der Waals surface area contributed by atoms with Crippen molar-refractivity contribution >= 4 is 15.7 Å². The number of sulfonamides is 1. The van der Waals surface area contributed by atoms with E-state index in [1.807, 2.05) is 30.3 Å². The average molecular weight is 371 g/mol. The molecule has 26 heavy (non-hydrogen) atoms. The van der Waals surface area contributed by atoms with Gasteiger partial charge in [0.05, 0.1) is 23.7 Å². The van der Waals surface area contributed by atoms with Gasteiger partial charge in [0.25, 0.3) is 0 Å². The fourth-order valence-corrected chi connectivity index (χ4v) is 4.32. The third kappa shape index (κ3) is 3.73. The second-order valence-electron chi connectivity index (χ2n) is 6.10. The van der Waals surface area contributed by atoms with Gasteiger partial charge < -0.3 is 9.64 Å². The van der Waals surface area contributed by atoms with Crippen molar-refractivity contribution in [3.63, 3.8) is 0 Å². The molecular weight excluding hydrogens is 350 g/mol. The van der Waals surface area contributed by atoms with E-state index in [9.17, 15) is 13.7 Å². The standard InChI is InChI=1S/C19H21N3O3S/c1-21(26(23,24)19-9-5-3-6-16(19)14-20)15-17-7-2-4-8-18(17)22-10-12-25-13-11-22/h2-9H,10-13,15H2,1H3. The van der Waals surface area contributed by atoms with E-state index in [0.29, 0.717) is 13.2 Å². The van der Waals surface area contributed by atoms with Gasteiger partial charge in [0, 0.05) is 32.4 Å². The number of benzene rings is 2. The molecular formula is C19H21N3O3S. The number of para-hydroxylation sites is 1. The minimum Gasteiger partial charge on any atom is -0.378 e. The summed E-state index contributed by atoms with van der Waals surface area (Å²) < 4.78 is 32.6. The van der Waals surface area contributed by atoms with Crippen LogP contribution in [0.4, 0.5) is 5.69 Å². The van der Waals surface area contributed by atoms with E-state index in [-0.39, 0.29) is 17.0 Å². The highest BCUT2D eigenvalue weighted by Crippen LogP contribution is 2.26. The third-order valence-corrected chi connectivity index (χ3v) is 6.29. The van der Waals surface area contributed by atoms with Crippen LogP contribution in [0, 0.1) is 11.3 Å². The van der Waals surface area contributed by atoms with Gasteiger partial charge in [-0.1, -0.05) is 30.3 Å². The maximum atomic E-state index is 12.9. The van der Waals surface area contributed by atoms with Gasteiger partial charge in [-0.3, -0.25) is 0 Å². The zero-order chi connectivity index (χ0) is 18.6. The first-order valence-corrected chi connectivity index (χ1v) is 9.84. The van der Waals surface area contributed by atoms with Gasteiger partial charge in [0.15, 0.2) is 0 Å². The maximum Gasteiger partial charge on any atom is 0.244 e. The van der Waals surface area contributed by atoms with Crippen LogP contribution in [0.2, 0.25) is 0 Å². The second kappa shape index (κ2) is 7.87. The molecule has 0 saturated carbocycles. The van der Waals surface area contributed by atoms with Gasteiger partial charge in [-0.05, 0) is 23.8 Å². The summed E-state index contributed by atoms with van der Waals surface area (Å²) in [6, 6.07) is 16.0. The number of hydrogen-bond donors (Lipinski definition) is 0. The zero-order valence-electron chi connectivity index (χ0n) is 14.6. The summed E-state index contributed by atoms with van der Waals surface area (Å²) in [6.07, 6.45) is 0. The molecule has 0 aliphatic carbocycles. The lowest BCUT2D eigenvalue weighted by atomic mass is 10.1. The van der Waals surface area contributed by atoms with E-state index in [1.54, 1.807) is 19.2 Å². The van der Waals surface area contributed by atoms with E-state index in [0.717, 1.165) is 24.3 Å². The zero-order valence-corrected chi connectivity index (χ0v) is 15.4. The Kier molecular flexibility index (Phi) is 5.57. The molecule has 1 aliphatic heterocycles. The molecule has 2 aromatic carbocycles. The first-order chi connectivity index (χ1) is 12.5. The lowest BCUT2D eigenvalue weighted by Crippen LogP contribution is -2.37. The number of nitrogens with zero attached hydrogens (tertiary/aromatic N) is 3. The molecule has 2 aromatic rings. The fourth-order valence-electron chi connectivity index (χ4n) is 3.03. The van der Waals surface area contributed by atoms with Gasteiger partial charge in [-0.15, -0.1) is 0 Å². The molecule has 0 aromatic heterocycles. The molecule has 0 bridgehead atoms. The van der Waals surface area contributed by atoms with Crippen LogP contribution >= 0.6 is 0 Å². The predicted octanol–water partition coefficient (Wildman–Crippen LogP) is 2.22. The first kappa shape index (κ1) is 18.4. The number of anilines is 1. The molecule has 0 unspecified atom stereocenters.